The van der Waals surface area contributed by atoms with Crippen LogP contribution in [0.2, 0.25) is 0 Å². The fourth-order valence-corrected chi connectivity index (χ4v) is 2.40. The Balaban J connectivity index is 1.99. The maximum absolute atomic E-state index is 12.3. The molecule has 3 rings (SSSR count). The Morgan fingerprint density at radius 2 is 1.79 bits per heavy atom. The molecule has 92 valence electrons. The van der Waals surface area contributed by atoms with Crippen LogP contribution in [-0.2, 0) is 6.42 Å². The van der Waals surface area contributed by atoms with Gasteiger partial charge in [-0.05, 0) is 28.8 Å². The van der Waals surface area contributed by atoms with Crippen molar-refractivity contribution in [2.24, 2.45) is 0 Å². The number of rotatable bonds is 2. The predicted octanol–water partition coefficient (Wildman–Crippen LogP) is 3.51. The van der Waals surface area contributed by atoms with Crippen molar-refractivity contribution in [3.8, 4) is 0 Å². The van der Waals surface area contributed by atoms with Gasteiger partial charge < -0.3 is 5.41 Å². The molecule has 0 atom stereocenters. The second-order valence-electron chi connectivity index (χ2n) is 4.65. The number of nitrogens with one attached hydrogen (secondary N) is 1. The number of carbonyl (C=O) groups excluding carboxylic acids is 1. The number of carbonyl (C=O) groups is 1. The van der Waals surface area contributed by atoms with Crippen LogP contribution < -0.4 is 0 Å². The molecule has 0 bridgehead atoms. The van der Waals surface area contributed by atoms with Gasteiger partial charge in [-0.15, -0.1) is 0 Å². The van der Waals surface area contributed by atoms with Crippen LogP contribution in [0, 0.1) is 5.41 Å². The summed E-state index contributed by atoms with van der Waals surface area (Å²) in [5.74, 6) is 0.107. The summed E-state index contributed by atoms with van der Waals surface area (Å²) in [6, 6.07) is 15.4. The molecule has 2 aromatic carbocycles. The molecule has 1 aliphatic rings. The highest BCUT2D eigenvalue weighted by atomic mass is 16.1. The van der Waals surface area contributed by atoms with Crippen LogP contribution in [0.15, 0.2) is 54.1 Å². The predicted molar refractivity (Wildman–Crippen MR) is 76.8 cm³/mol. The van der Waals surface area contributed by atoms with E-state index in [0.717, 1.165) is 27.8 Å². The largest absolute Gasteiger partial charge is 0.308 e. The average molecular weight is 247 g/mol. The molecule has 0 unspecified atom stereocenters. The zero-order chi connectivity index (χ0) is 13.2. The Labute approximate surface area is 111 Å². The van der Waals surface area contributed by atoms with Crippen molar-refractivity contribution in [1.82, 2.24) is 0 Å². The number of hydrogen-bond donors (Lipinski definition) is 1. The standard InChI is InChI=1S/C17H13NO/c18-11-13-6-7-16-14(9-13)10-15(17(16)19)8-12-4-2-1-3-5-12/h1-9,11,18H,10H2/b15-8+,18-11?. The lowest BCUT2D eigenvalue weighted by molar-refractivity contribution is 0.104. The maximum atomic E-state index is 12.3. The van der Waals surface area contributed by atoms with Gasteiger partial charge in [-0.3, -0.25) is 4.79 Å². The van der Waals surface area contributed by atoms with Crippen LogP contribution in [0.1, 0.15) is 27.0 Å². The van der Waals surface area contributed by atoms with Crippen molar-refractivity contribution in [3.63, 3.8) is 0 Å². The molecule has 2 nitrogen and oxygen atoms in total. The minimum absolute atomic E-state index is 0.107. The van der Waals surface area contributed by atoms with E-state index in [9.17, 15) is 4.79 Å². The van der Waals surface area contributed by atoms with Gasteiger partial charge in [0.25, 0.3) is 0 Å². The number of benzene rings is 2. The lowest BCUT2D eigenvalue weighted by Crippen LogP contribution is -1.95. The highest BCUT2D eigenvalue weighted by Gasteiger charge is 2.24. The average Bonchev–Trinajstić information content (AvgIpc) is 2.76. The van der Waals surface area contributed by atoms with E-state index < -0.39 is 0 Å². The number of ketones is 1. The van der Waals surface area contributed by atoms with E-state index in [4.69, 9.17) is 5.41 Å². The summed E-state index contributed by atoms with van der Waals surface area (Å²) in [5, 5.41) is 7.26. The van der Waals surface area contributed by atoms with Gasteiger partial charge in [0.05, 0.1) is 0 Å². The molecule has 0 aliphatic heterocycles. The van der Waals surface area contributed by atoms with Crippen LogP contribution in [0.4, 0.5) is 0 Å². The van der Waals surface area contributed by atoms with Gasteiger partial charge in [-0.2, -0.15) is 0 Å². The zero-order valence-corrected chi connectivity index (χ0v) is 10.4. The van der Waals surface area contributed by atoms with E-state index in [1.54, 1.807) is 0 Å². The topological polar surface area (TPSA) is 40.9 Å². The summed E-state index contributed by atoms with van der Waals surface area (Å²) in [6.45, 7) is 0. The quantitative estimate of drug-likeness (QED) is 0.640. The van der Waals surface area contributed by atoms with Crippen LogP contribution in [0.5, 0.6) is 0 Å². The van der Waals surface area contributed by atoms with Gasteiger partial charge in [0.2, 0.25) is 0 Å². The molecule has 2 aromatic rings. The number of fused-ring (bicyclic) bond motifs is 1. The molecule has 0 fully saturated rings. The summed E-state index contributed by atoms with van der Waals surface area (Å²) in [7, 11) is 0. The van der Waals surface area contributed by atoms with Crippen molar-refractivity contribution < 1.29 is 4.79 Å². The summed E-state index contributed by atoms with van der Waals surface area (Å²) in [4.78, 5) is 12.3. The molecule has 0 heterocycles. The molecule has 19 heavy (non-hydrogen) atoms. The molecule has 0 saturated heterocycles. The summed E-state index contributed by atoms with van der Waals surface area (Å²) < 4.78 is 0. The molecule has 0 radical (unpaired) electrons. The molecular weight excluding hydrogens is 234 g/mol. The Morgan fingerprint density at radius 3 is 2.53 bits per heavy atom. The van der Waals surface area contributed by atoms with E-state index in [2.05, 4.69) is 0 Å². The van der Waals surface area contributed by atoms with Crippen molar-refractivity contribution in [2.75, 3.05) is 0 Å². The number of Topliss-reactive ketones (excluding diaryl/α,β-unsaturated/α-hetero) is 1. The van der Waals surface area contributed by atoms with Crippen LogP contribution in [-0.4, -0.2) is 12.0 Å². The van der Waals surface area contributed by atoms with Crippen molar-refractivity contribution in [1.29, 1.82) is 5.41 Å². The van der Waals surface area contributed by atoms with Gasteiger partial charge in [0, 0.05) is 23.8 Å². The molecule has 1 aliphatic carbocycles. The van der Waals surface area contributed by atoms with Crippen LogP contribution in [0.25, 0.3) is 6.08 Å². The van der Waals surface area contributed by atoms with Crippen molar-refractivity contribution in [2.45, 2.75) is 6.42 Å². The summed E-state index contributed by atoms with van der Waals surface area (Å²) in [5.41, 5.74) is 4.50. The van der Waals surface area contributed by atoms with Gasteiger partial charge in [-0.1, -0.05) is 42.5 Å². The SMILES string of the molecule is N=Cc1ccc2c(c1)C/C(=C\c1ccccc1)C2=O. The highest BCUT2D eigenvalue weighted by Crippen LogP contribution is 2.28. The summed E-state index contributed by atoms with van der Waals surface area (Å²) in [6.07, 6.45) is 3.92. The zero-order valence-electron chi connectivity index (χ0n) is 10.4. The Morgan fingerprint density at radius 1 is 1.00 bits per heavy atom. The molecule has 0 spiro atoms. The van der Waals surface area contributed by atoms with E-state index in [-0.39, 0.29) is 5.78 Å². The summed E-state index contributed by atoms with van der Waals surface area (Å²) >= 11 is 0. The molecule has 0 saturated carbocycles. The first-order valence-electron chi connectivity index (χ1n) is 6.21. The highest BCUT2D eigenvalue weighted by molar-refractivity contribution is 6.15. The van der Waals surface area contributed by atoms with E-state index in [1.165, 1.54) is 6.21 Å². The minimum Gasteiger partial charge on any atom is -0.308 e. The lowest BCUT2D eigenvalue weighted by Gasteiger charge is -1.97. The monoisotopic (exact) mass is 247 g/mol. The van der Waals surface area contributed by atoms with Crippen LogP contribution in [0.3, 0.4) is 0 Å². The van der Waals surface area contributed by atoms with E-state index >= 15 is 0 Å². The minimum atomic E-state index is 0.107. The normalized spacial score (nSPS) is 15.6. The van der Waals surface area contributed by atoms with Gasteiger partial charge in [0.1, 0.15) is 0 Å². The maximum Gasteiger partial charge on any atom is 0.189 e. The first-order valence-corrected chi connectivity index (χ1v) is 6.21. The first-order chi connectivity index (χ1) is 9.28. The van der Waals surface area contributed by atoms with Crippen LogP contribution >= 0.6 is 0 Å². The lowest BCUT2D eigenvalue weighted by atomic mass is 10.1. The Kier molecular flexibility index (Phi) is 2.84. The molecule has 0 amide bonds. The Bertz CT molecular complexity index is 684. The van der Waals surface area contributed by atoms with Crippen molar-refractivity contribution in [3.05, 3.63) is 76.4 Å². The third-order valence-corrected chi connectivity index (χ3v) is 3.35. The smallest absolute Gasteiger partial charge is 0.189 e. The third-order valence-electron chi connectivity index (χ3n) is 3.35. The fraction of sp³-hybridized carbons (Fsp3) is 0.0588. The third kappa shape index (κ3) is 2.13. The molecule has 0 aromatic heterocycles. The molecule has 2 heteroatoms. The van der Waals surface area contributed by atoms with Gasteiger partial charge >= 0.3 is 0 Å². The van der Waals surface area contributed by atoms with Crippen molar-refractivity contribution >= 4 is 18.1 Å². The van der Waals surface area contributed by atoms with Gasteiger partial charge in [-0.25, -0.2) is 0 Å². The fourth-order valence-electron chi connectivity index (χ4n) is 2.40. The van der Waals surface area contributed by atoms with E-state index in [0.29, 0.717) is 6.42 Å². The Hall–Kier alpha value is -2.48. The molecule has 1 N–H and O–H groups in total. The number of hydrogen-bond acceptors (Lipinski definition) is 2. The van der Waals surface area contributed by atoms with E-state index in [1.807, 2.05) is 54.6 Å². The second kappa shape index (κ2) is 4.65. The first kappa shape index (κ1) is 11.6. The second-order valence-corrected chi connectivity index (χ2v) is 4.65. The van der Waals surface area contributed by atoms with Gasteiger partial charge in [0.15, 0.2) is 5.78 Å². The molecular formula is C17H13NO. The number of allylic oxidation sites excluding steroid dienone is 1.